The molecule has 0 saturated carbocycles. The fourth-order valence-corrected chi connectivity index (χ4v) is 3.10. The number of carbonyl (C=O) groups excluding carboxylic acids is 2. The van der Waals surface area contributed by atoms with E-state index in [0.717, 1.165) is 10.8 Å². The molecule has 3 rings (SSSR count). The lowest BCUT2D eigenvalue weighted by molar-refractivity contribution is -0.136. The van der Waals surface area contributed by atoms with Crippen molar-refractivity contribution in [3.05, 3.63) is 71.8 Å². The van der Waals surface area contributed by atoms with Crippen LogP contribution in [0.4, 0.5) is 5.69 Å². The van der Waals surface area contributed by atoms with Crippen LogP contribution in [0.15, 0.2) is 60.7 Å². The molecule has 2 amide bonds. The summed E-state index contributed by atoms with van der Waals surface area (Å²) in [4.78, 5) is 35.8. The van der Waals surface area contributed by atoms with E-state index in [4.69, 9.17) is 9.84 Å². The third-order valence-electron chi connectivity index (χ3n) is 4.47. The van der Waals surface area contributed by atoms with E-state index in [2.05, 4.69) is 10.6 Å². The van der Waals surface area contributed by atoms with Crippen molar-refractivity contribution in [3.8, 4) is 5.75 Å². The van der Waals surface area contributed by atoms with Crippen LogP contribution in [0.2, 0.25) is 0 Å². The highest BCUT2D eigenvalue weighted by atomic mass is 16.5. The number of aliphatic carboxylic acids is 1. The van der Waals surface area contributed by atoms with Gasteiger partial charge in [-0.2, -0.15) is 0 Å². The Hall–Kier alpha value is -3.87. The lowest BCUT2D eigenvalue weighted by Crippen LogP contribution is -2.34. The number of carboxylic acids is 1. The molecule has 0 bridgehead atoms. The first-order chi connectivity index (χ1) is 14.8. The van der Waals surface area contributed by atoms with E-state index in [9.17, 15) is 14.4 Å². The van der Waals surface area contributed by atoms with Gasteiger partial charge in [-0.25, -0.2) is 0 Å². The maximum atomic E-state index is 13.0. The number of benzene rings is 3. The SMILES string of the molecule is CC(C)NC(=O)COc1cc2ccccc2cc1C(=O)Nc1ccc(CC(=O)O)cc1. The van der Waals surface area contributed by atoms with E-state index in [1.165, 1.54) is 0 Å². The Morgan fingerprint density at radius 1 is 0.968 bits per heavy atom. The zero-order chi connectivity index (χ0) is 22.4. The minimum Gasteiger partial charge on any atom is -0.483 e. The molecule has 0 saturated heterocycles. The van der Waals surface area contributed by atoms with Crippen LogP contribution in [-0.4, -0.2) is 35.5 Å². The number of amides is 2. The van der Waals surface area contributed by atoms with Gasteiger partial charge in [-0.1, -0.05) is 36.4 Å². The molecule has 0 heterocycles. The molecule has 0 atom stereocenters. The molecule has 0 fully saturated rings. The zero-order valence-electron chi connectivity index (χ0n) is 17.3. The number of carboxylic acid groups (broad SMARTS) is 1. The van der Waals surface area contributed by atoms with Gasteiger partial charge in [0, 0.05) is 11.7 Å². The van der Waals surface area contributed by atoms with E-state index in [-0.39, 0.29) is 25.0 Å². The first kappa shape index (κ1) is 21.8. The third-order valence-corrected chi connectivity index (χ3v) is 4.47. The molecule has 0 spiro atoms. The van der Waals surface area contributed by atoms with Gasteiger partial charge >= 0.3 is 5.97 Å². The third kappa shape index (κ3) is 6.05. The zero-order valence-corrected chi connectivity index (χ0v) is 17.3. The van der Waals surface area contributed by atoms with E-state index in [0.29, 0.717) is 22.6 Å². The second kappa shape index (κ2) is 9.75. The van der Waals surface area contributed by atoms with E-state index < -0.39 is 11.9 Å². The average Bonchev–Trinajstić information content (AvgIpc) is 2.72. The number of carbonyl (C=O) groups is 3. The minimum atomic E-state index is -0.920. The number of rotatable bonds is 8. The predicted octanol–water partition coefficient (Wildman–Crippen LogP) is 3.62. The van der Waals surface area contributed by atoms with Crippen LogP contribution in [0, 0.1) is 0 Å². The number of hydrogen-bond acceptors (Lipinski definition) is 4. The van der Waals surface area contributed by atoms with E-state index >= 15 is 0 Å². The summed E-state index contributed by atoms with van der Waals surface area (Å²) in [5.41, 5.74) is 1.46. The van der Waals surface area contributed by atoms with Crippen molar-refractivity contribution >= 4 is 34.2 Å². The minimum absolute atomic E-state index is 0.0143. The van der Waals surface area contributed by atoms with Crippen LogP contribution >= 0.6 is 0 Å². The van der Waals surface area contributed by atoms with Crippen LogP contribution in [0.25, 0.3) is 10.8 Å². The fraction of sp³-hybridized carbons (Fsp3) is 0.208. The summed E-state index contributed by atoms with van der Waals surface area (Å²) >= 11 is 0. The molecule has 0 aliphatic rings. The second-order valence-electron chi connectivity index (χ2n) is 7.43. The molecule has 3 aromatic carbocycles. The smallest absolute Gasteiger partial charge is 0.307 e. The molecule has 0 aliphatic heterocycles. The van der Waals surface area contributed by atoms with Gasteiger partial charge in [0.15, 0.2) is 6.61 Å². The molecule has 31 heavy (non-hydrogen) atoms. The second-order valence-corrected chi connectivity index (χ2v) is 7.43. The lowest BCUT2D eigenvalue weighted by atomic mass is 10.0. The largest absolute Gasteiger partial charge is 0.483 e. The molecule has 7 nitrogen and oxygen atoms in total. The normalized spacial score (nSPS) is 10.7. The maximum absolute atomic E-state index is 13.0. The highest BCUT2D eigenvalue weighted by Gasteiger charge is 2.16. The maximum Gasteiger partial charge on any atom is 0.307 e. The Balaban J connectivity index is 1.83. The van der Waals surface area contributed by atoms with Crippen LogP contribution in [0.3, 0.4) is 0 Å². The van der Waals surface area contributed by atoms with Gasteiger partial charge in [-0.05, 0) is 54.4 Å². The highest BCUT2D eigenvalue weighted by Crippen LogP contribution is 2.27. The topological polar surface area (TPSA) is 105 Å². The molecule has 0 radical (unpaired) electrons. The Labute approximate surface area is 180 Å². The van der Waals surface area contributed by atoms with Gasteiger partial charge < -0.3 is 20.5 Å². The summed E-state index contributed by atoms with van der Waals surface area (Å²) in [5.74, 6) is -1.28. The summed E-state index contributed by atoms with van der Waals surface area (Å²) < 4.78 is 5.69. The molecule has 0 aromatic heterocycles. The predicted molar refractivity (Wildman–Crippen MR) is 118 cm³/mol. The van der Waals surface area contributed by atoms with Crippen LogP contribution in [0.5, 0.6) is 5.75 Å². The Morgan fingerprint density at radius 3 is 2.23 bits per heavy atom. The average molecular weight is 420 g/mol. The number of nitrogens with one attached hydrogen (secondary N) is 2. The first-order valence-corrected chi connectivity index (χ1v) is 9.89. The quantitative estimate of drug-likeness (QED) is 0.516. The van der Waals surface area contributed by atoms with Crippen molar-refractivity contribution in [2.24, 2.45) is 0 Å². The van der Waals surface area contributed by atoms with Crippen molar-refractivity contribution in [3.63, 3.8) is 0 Å². The molecule has 7 heteroatoms. The molecular formula is C24H24N2O5. The summed E-state index contributed by atoms with van der Waals surface area (Å²) in [5, 5.41) is 16.2. The van der Waals surface area contributed by atoms with Crippen molar-refractivity contribution in [1.82, 2.24) is 5.32 Å². The van der Waals surface area contributed by atoms with Crippen molar-refractivity contribution in [2.45, 2.75) is 26.3 Å². The van der Waals surface area contributed by atoms with Gasteiger partial charge in [0.05, 0.1) is 12.0 Å². The van der Waals surface area contributed by atoms with Gasteiger partial charge in [0.1, 0.15) is 5.75 Å². The standard InChI is InChI=1S/C24H24N2O5/c1-15(2)25-22(27)14-31-21-13-18-6-4-3-5-17(18)12-20(21)24(30)26-19-9-7-16(8-10-19)11-23(28)29/h3-10,12-13,15H,11,14H2,1-2H3,(H,25,27)(H,26,30)(H,28,29). The van der Waals surface area contributed by atoms with Crippen LogP contribution in [0.1, 0.15) is 29.8 Å². The molecule has 3 aromatic rings. The summed E-state index contributed by atoms with van der Waals surface area (Å²) in [7, 11) is 0. The van der Waals surface area contributed by atoms with Crippen molar-refractivity contribution in [2.75, 3.05) is 11.9 Å². The van der Waals surface area contributed by atoms with Crippen LogP contribution in [-0.2, 0) is 16.0 Å². The van der Waals surface area contributed by atoms with E-state index in [1.54, 1.807) is 36.4 Å². The van der Waals surface area contributed by atoms with Gasteiger partial charge in [-0.3, -0.25) is 14.4 Å². The van der Waals surface area contributed by atoms with Crippen molar-refractivity contribution < 1.29 is 24.2 Å². The Kier molecular flexibility index (Phi) is 6.87. The molecule has 3 N–H and O–H groups in total. The van der Waals surface area contributed by atoms with Crippen LogP contribution < -0.4 is 15.4 Å². The summed E-state index contributed by atoms with van der Waals surface area (Å²) in [6, 6.07) is 17.6. The first-order valence-electron chi connectivity index (χ1n) is 9.89. The number of fused-ring (bicyclic) bond motifs is 1. The molecule has 0 aliphatic carbocycles. The highest BCUT2D eigenvalue weighted by molar-refractivity contribution is 6.08. The molecular weight excluding hydrogens is 396 g/mol. The lowest BCUT2D eigenvalue weighted by Gasteiger charge is -2.14. The van der Waals surface area contributed by atoms with Gasteiger partial charge in [0.25, 0.3) is 11.8 Å². The summed E-state index contributed by atoms with van der Waals surface area (Å²) in [6.45, 7) is 3.50. The summed E-state index contributed by atoms with van der Waals surface area (Å²) in [6.07, 6.45) is -0.0880. The van der Waals surface area contributed by atoms with Crippen molar-refractivity contribution in [1.29, 1.82) is 0 Å². The fourth-order valence-electron chi connectivity index (χ4n) is 3.10. The van der Waals surface area contributed by atoms with Gasteiger partial charge in [-0.15, -0.1) is 0 Å². The monoisotopic (exact) mass is 420 g/mol. The number of anilines is 1. The molecule has 0 unspecified atom stereocenters. The molecule has 160 valence electrons. The Morgan fingerprint density at radius 2 is 1.61 bits per heavy atom. The van der Waals surface area contributed by atoms with Gasteiger partial charge in [0.2, 0.25) is 0 Å². The van der Waals surface area contributed by atoms with E-state index in [1.807, 2.05) is 38.1 Å². The Bertz CT molecular complexity index is 1110. The number of ether oxygens (including phenoxy) is 1. The number of hydrogen-bond donors (Lipinski definition) is 3.